The van der Waals surface area contributed by atoms with E-state index in [2.05, 4.69) is 94.1 Å². The fraction of sp³-hybridized carbons (Fsp3) is 0.708. The summed E-state index contributed by atoms with van der Waals surface area (Å²) in [4.78, 5) is 0. The Bertz CT molecular complexity index is 450. The first-order valence-corrected chi connectivity index (χ1v) is 10.5. The molecule has 0 aromatic carbocycles. The maximum Gasteiger partial charge on any atom is 0.0492 e. The van der Waals surface area contributed by atoms with Gasteiger partial charge in [-0.25, -0.2) is 0 Å². The predicted molar refractivity (Wildman–Crippen MR) is 125 cm³/mol. The van der Waals surface area contributed by atoms with Crippen molar-refractivity contribution in [2.75, 3.05) is 0 Å². The van der Waals surface area contributed by atoms with Gasteiger partial charge >= 0.3 is 0 Å². The summed E-state index contributed by atoms with van der Waals surface area (Å²) in [6, 6.07) is 7.47. The lowest BCUT2D eigenvalue weighted by molar-refractivity contribution is 0.498. The van der Waals surface area contributed by atoms with Gasteiger partial charge in [0, 0.05) is 35.9 Å². The molecule has 3 heteroatoms. The Morgan fingerprint density at radius 1 is 0.704 bits per heavy atom. The molecule has 0 fully saturated rings. The minimum atomic E-state index is 0. The highest BCUT2D eigenvalue weighted by molar-refractivity contribution is 5.11. The highest BCUT2D eigenvalue weighted by Crippen LogP contribution is 2.19. The van der Waals surface area contributed by atoms with Crippen molar-refractivity contribution in [2.24, 2.45) is 0 Å². The van der Waals surface area contributed by atoms with E-state index in [0.717, 1.165) is 0 Å². The van der Waals surface area contributed by atoms with Crippen molar-refractivity contribution in [2.45, 2.75) is 114 Å². The van der Waals surface area contributed by atoms with Crippen LogP contribution >= 0.6 is 0 Å². The summed E-state index contributed by atoms with van der Waals surface area (Å²) >= 11 is 0. The number of aromatic nitrogens is 3. The lowest BCUT2D eigenvalue weighted by Crippen LogP contribution is -2.08. The second-order valence-electron chi connectivity index (χ2n) is 7.04. The van der Waals surface area contributed by atoms with Crippen LogP contribution in [0.2, 0.25) is 0 Å². The Morgan fingerprint density at radius 3 is 1.48 bits per heavy atom. The fourth-order valence-corrected chi connectivity index (χ4v) is 2.58. The van der Waals surface area contributed by atoms with Gasteiger partial charge in [-0.15, -0.1) is 0 Å². The summed E-state index contributed by atoms with van der Waals surface area (Å²) in [5, 5.41) is 4.25. The zero-order valence-corrected chi connectivity index (χ0v) is 19.5. The molecule has 0 aliphatic carbocycles. The molecule has 0 N–H and O–H groups in total. The molecule has 3 nitrogen and oxygen atoms in total. The standard InChI is InChI=1S/C10H17N.C9H16N2.2C2H6.CH4/c1-8(2)10-6-5-7-11(10)9(3)4;1-7(2)9-5-6-10-11(9)8(3)4;2*1-2;/h5-9H,1-4H3;5-8H,1-4H3;2*1-2H3;1H4. The largest absolute Gasteiger partial charge is 0.349 e. The molecule has 0 spiro atoms. The Labute approximate surface area is 171 Å². The van der Waals surface area contributed by atoms with E-state index in [9.17, 15) is 0 Å². The first-order chi connectivity index (χ1) is 12.3. The first kappa shape index (κ1) is 30.2. The smallest absolute Gasteiger partial charge is 0.0492 e. The van der Waals surface area contributed by atoms with Crippen molar-refractivity contribution in [1.29, 1.82) is 0 Å². The summed E-state index contributed by atoms with van der Waals surface area (Å²) in [5.74, 6) is 1.20. The SMILES string of the molecule is C.CC.CC.CC(C)c1cccn1C(C)C.CC(C)c1ccnn1C(C)C. The summed E-state index contributed by atoms with van der Waals surface area (Å²) in [5.41, 5.74) is 2.75. The minimum Gasteiger partial charge on any atom is -0.349 e. The van der Waals surface area contributed by atoms with Crippen LogP contribution in [0.25, 0.3) is 0 Å². The number of hydrogen-bond donors (Lipinski definition) is 0. The molecule has 0 saturated heterocycles. The molecule has 0 saturated carbocycles. The number of rotatable bonds is 4. The molecule has 160 valence electrons. The Hall–Kier alpha value is -1.51. The quantitative estimate of drug-likeness (QED) is 0.522. The zero-order chi connectivity index (χ0) is 20.9. The topological polar surface area (TPSA) is 22.8 Å². The van der Waals surface area contributed by atoms with Gasteiger partial charge in [-0.3, -0.25) is 4.68 Å². The van der Waals surface area contributed by atoms with Crippen LogP contribution < -0.4 is 0 Å². The maximum absolute atomic E-state index is 4.25. The van der Waals surface area contributed by atoms with Crippen molar-refractivity contribution < 1.29 is 0 Å². The second kappa shape index (κ2) is 16.6. The van der Waals surface area contributed by atoms with Crippen LogP contribution in [0, 0.1) is 0 Å². The third-order valence-electron chi connectivity index (χ3n) is 3.74. The molecule has 27 heavy (non-hydrogen) atoms. The summed E-state index contributed by atoms with van der Waals surface area (Å²) < 4.78 is 4.40. The van der Waals surface area contributed by atoms with Gasteiger partial charge in [0.2, 0.25) is 0 Å². The van der Waals surface area contributed by atoms with E-state index in [0.29, 0.717) is 23.9 Å². The van der Waals surface area contributed by atoms with Gasteiger partial charge in [0.15, 0.2) is 0 Å². The lowest BCUT2D eigenvalue weighted by atomic mass is 10.1. The number of hydrogen-bond acceptors (Lipinski definition) is 1. The third kappa shape index (κ3) is 10.4. The molecule has 0 amide bonds. The van der Waals surface area contributed by atoms with Crippen LogP contribution in [0.1, 0.15) is 126 Å². The molecule has 0 aliphatic heterocycles. The predicted octanol–water partition coefficient (Wildman–Crippen LogP) is 8.47. The molecular formula is C24H49N3. The molecule has 2 aromatic rings. The van der Waals surface area contributed by atoms with Gasteiger partial charge in [-0.1, -0.05) is 62.8 Å². The van der Waals surface area contributed by atoms with Crippen molar-refractivity contribution >= 4 is 0 Å². The van der Waals surface area contributed by atoms with Crippen LogP contribution in [0.4, 0.5) is 0 Å². The molecular weight excluding hydrogens is 330 g/mol. The highest BCUT2D eigenvalue weighted by atomic mass is 15.3. The summed E-state index contributed by atoms with van der Waals surface area (Å²) in [6.07, 6.45) is 4.02. The van der Waals surface area contributed by atoms with E-state index < -0.39 is 0 Å². The Balaban J connectivity index is -0.000000349. The van der Waals surface area contributed by atoms with Crippen molar-refractivity contribution in [3.05, 3.63) is 42.0 Å². The van der Waals surface area contributed by atoms with E-state index in [-0.39, 0.29) is 7.43 Å². The Morgan fingerprint density at radius 2 is 1.19 bits per heavy atom. The van der Waals surface area contributed by atoms with Crippen LogP contribution in [-0.2, 0) is 0 Å². The summed E-state index contributed by atoms with van der Waals surface area (Å²) in [7, 11) is 0. The van der Waals surface area contributed by atoms with E-state index in [1.54, 1.807) is 0 Å². The normalized spacial score (nSPS) is 9.78. The monoisotopic (exact) mass is 379 g/mol. The number of nitrogens with zero attached hydrogens (tertiary/aromatic N) is 3. The molecule has 0 radical (unpaired) electrons. The van der Waals surface area contributed by atoms with Crippen molar-refractivity contribution in [3.63, 3.8) is 0 Å². The molecule has 2 aromatic heterocycles. The van der Waals surface area contributed by atoms with E-state index >= 15 is 0 Å². The van der Waals surface area contributed by atoms with Gasteiger partial charge in [0.1, 0.15) is 0 Å². The van der Waals surface area contributed by atoms with Gasteiger partial charge in [0.05, 0.1) is 0 Å². The molecule has 0 atom stereocenters. The van der Waals surface area contributed by atoms with Gasteiger partial charge in [-0.05, 0) is 57.7 Å². The van der Waals surface area contributed by atoms with E-state index in [4.69, 9.17) is 0 Å². The van der Waals surface area contributed by atoms with Crippen molar-refractivity contribution in [3.8, 4) is 0 Å². The molecule has 2 rings (SSSR count). The van der Waals surface area contributed by atoms with E-state index in [1.165, 1.54) is 11.4 Å². The molecule has 0 unspecified atom stereocenters. The third-order valence-corrected chi connectivity index (χ3v) is 3.74. The van der Waals surface area contributed by atoms with Crippen LogP contribution in [0.3, 0.4) is 0 Å². The fourth-order valence-electron chi connectivity index (χ4n) is 2.58. The molecule has 0 aliphatic rings. The van der Waals surface area contributed by atoms with Gasteiger partial charge in [-0.2, -0.15) is 5.10 Å². The van der Waals surface area contributed by atoms with Crippen LogP contribution in [-0.4, -0.2) is 14.3 Å². The highest BCUT2D eigenvalue weighted by Gasteiger charge is 2.08. The summed E-state index contributed by atoms with van der Waals surface area (Å²) in [6.45, 7) is 25.6. The zero-order valence-electron chi connectivity index (χ0n) is 19.5. The molecule has 2 heterocycles. The minimum absolute atomic E-state index is 0. The molecule has 0 bridgehead atoms. The van der Waals surface area contributed by atoms with Gasteiger partial charge < -0.3 is 4.57 Å². The lowest BCUT2D eigenvalue weighted by Gasteiger charge is -2.14. The Kier molecular flexibility index (Phi) is 18.6. The first-order valence-electron chi connectivity index (χ1n) is 10.5. The maximum atomic E-state index is 4.25. The van der Waals surface area contributed by atoms with Crippen molar-refractivity contribution in [1.82, 2.24) is 14.3 Å². The second-order valence-corrected chi connectivity index (χ2v) is 7.04. The average Bonchev–Trinajstić information content (AvgIpc) is 3.28. The van der Waals surface area contributed by atoms with Crippen LogP contribution in [0.15, 0.2) is 30.6 Å². The van der Waals surface area contributed by atoms with Crippen LogP contribution in [0.5, 0.6) is 0 Å². The average molecular weight is 380 g/mol. The van der Waals surface area contributed by atoms with E-state index in [1.807, 2.05) is 33.9 Å². The van der Waals surface area contributed by atoms with Gasteiger partial charge in [0.25, 0.3) is 0 Å².